The molecule has 2 aromatic rings. The van der Waals surface area contributed by atoms with Crippen molar-refractivity contribution in [3.05, 3.63) is 75.0 Å². The number of primary amides is 1. The van der Waals surface area contributed by atoms with Crippen molar-refractivity contribution >= 4 is 52.6 Å². The standard InChI is InChI=1S/C30H28ClN3O11/c1-10-12-5-4-6-15(35)17(12)22(36)18-16(10)24(45-29(43)33-14-8-7-11(31)9-13(14)28(41)42)20-21(34(2)3)23(37)19(27(32)40)26(39)30(20,44)25(18)38/h4-10,16,20-21,24,35-36,39,44H,1-3H3,(H2,32,40)(H,33,43)(H,41,42)/t10-,16+,20+,21-,24-,30-/m1/s1. The van der Waals surface area contributed by atoms with Crippen LogP contribution in [0.25, 0.3) is 5.76 Å². The number of phenols is 1. The molecule has 1 saturated carbocycles. The predicted octanol–water partition coefficient (Wildman–Crippen LogP) is 2.10. The van der Waals surface area contributed by atoms with E-state index in [9.17, 15) is 49.5 Å². The second kappa shape index (κ2) is 10.9. The van der Waals surface area contributed by atoms with Crippen molar-refractivity contribution < 1.29 is 54.2 Å². The number of ketones is 2. The number of aliphatic hydroxyl groups excluding tert-OH is 2. The smallest absolute Gasteiger partial charge is 0.411 e. The molecule has 14 nitrogen and oxygen atoms in total. The minimum atomic E-state index is -3.13. The monoisotopic (exact) mass is 641 g/mol. The summed E-state index contributed by atoms with van der Waals surface area (Å²) in [5.74, 6) is -11.7. The van der Waals surface area contributed by atoms with Crippen molar-refractivity contribution in [1.82, 2.24) is 4.90 Å². The first-order valence-corrected chi connectivity index (χ1v) is 13.9. The predicted molar refractivity (Wildman–Crippen MR) is 157 cm³/mol. The molecule has 0 spiro atoms. The van der Waals surface area contributed by atoms with Crippen molar-refractivity contribution in [3.63, 3.8) is 0 Å². The molecule has 2 amide bonds. The molecule has 0 heterocycles. The molecule has 0 saturated heterocycles. The van der Waals surface area contributed by atoms with Crippen molar-refractivity contribution in [3.8, 4) is 5.75 Å². The number of aromatic hydroxyl groups is 1. The van der Waals surface area contributed by atoms with Crippen LogP contribution in [0.4, 0.5) is 10.5 Å². The first-order chi connectivity index (χ1) is 21.0. The van der Waals surface area contributed by atoms with Crippen LogP contribution in [-0.4, -0.2) is 91.8 Å². The molecule has 0 bridgehead atoms. The average molecular weight is 642 g/mol. The first-order valence-electron chi connectivity index (χ1n) is 13.5. The maximum absolute atomic E-state index is 14.3. The van der Waals surface area contributed by atoms with Crippen LogP contribution >= 0.6 is 11.6 Å². The van der Waals surface area contributed by atoms with E-state index in [2.05, 4.69) is 5.32 Å². The van der Waals surface area contributed by atoms with E-state index < -0.39 is 99.0 Å². The maximum atomic E-state index is 14.3. The number of benzene rings is 2. The number of aromatic carboxylic acids is 1. The largest absolute Gasteiger partial charge is 0.508 e. The number of hydrogen-bond acceptors (Lipinski definition) is 11. The zero-order chi connectivity index (χ0) is 33.3. The summed E-state index contributed by atoms with van der Waals surface area (Å²) in [6, 6.07) is 6.31. The van der Waals surface area contributed by atoms with Crippen LogP contribution < -0.4 is 11.1 Å². The van der Waals surface area contributed by atoms with Crippen LogP contribution in [0.5, 0.6) is 5.75 Å². The normalized spacial score (nSPS) is 27.5. The van der Waals surface area contributed by atoms with Gasteiger partial charge in [-0.15, -0.1) is 0 Å². The minimum Gasteiger partial charge on any atom is -0.508 e. The zero-order valence-electron chi connectivity index (χ0n) is 23.9. The van der Waals surface area contributed by atoms with Gasteiger partial charge in [0, 0.05) is 16.5 Å². The van der Waals surface area contributed by atoms with Crippen LogP contribution in [0, 0.1) is 11.8 Å². The molecule has 8 N–H and O–H groups in total. The number of carboxylic acids is 1. The fraction of sp³-hybridized carbons (Fsp3) is 0.300. The van der Waals surface area contributed by atoms with Gasteiger partial charge >= 0.3 is 12.1 Å². The second-order valence-corrected chi connectivity index (χ2v) is 11.7. The van der Waals surface area contributed by atoms with Gasteiger partial charge in [0.05, 0.1) is 28.8 Å². The first kappa shape index (κ1) is 31.5. The lowest BCUT2D eigenvalue weighted by atomic mass is 9.54. The maximum Gasteiger partial charge on any atom is 0.411 e. The van der Waals surface area contributed by atoms with Crippen LogP contribution in [0.1, 0.15) is 34.3 Å². The molecule has 5 rings (SSSR count). The van der Waals surface area contributed by atoms with Crippen LogP contribution in [0.3, 0.4) is 0 Å². The van der Waals surface area contributed by atoms with Crippen molar-refractivity contribution in [1.29, 1.82) is 0 Å². The summed E-state index contributed by atoms with van der Waals surface area (Å²) in [4.78, 5) is 66.8. The quantitative estimate of drug-likeness (QED) is 0.232. The Morgan fingerprint density at radius 1 is 1.09 bits per heavy atom. The summed E-state index contributed by atoms with van der Waals surface area (Å²) >= 11 is 5.91. The summed E-state index contributed by atoms with van der Waals surface area (Å²) in [6.07, 6.45) is -2.99. The number of nitrogens with one attached hydrogen (secondary N) is 1. The topological polar surface area (TPSA) is 237 Å². The molecule has 0 aliphatic heterocycles. The van der Waals surface area contributed by atoms with Gasteiger partial charge in [0.1, 0.15) is 28.9 Å². The fourth-order valence-corrected chi connectivity index (χ4v) is 6.93. The molecule has 3 aliphatic carbocycles. The lowest BCUT2D eigenvalue weighted by molar-refractivity contribution is -0.169. The number of carbonyl (C=O) groups is 5. The molecular weight excluding hydrogens is 614 g/mol. The molecule has 6 atom stereocenters. The van der Waals surface area contributed by atoms with Gasteiger partial charge in [-0.2, -0.15) is 0 Å². The highest BCUT2D eigenvalue weighted by molar-refractivity contribution is 6.31. The Kier molecular flexibility index (Phi) is 7.64. The third kappa shape index (κ3) is 4.60. The molecule has 1 fully saturated rings. The summed E-state index contributed by atoms with van der Waals surface area (Å²) in [6.45, 7) is 1.60. The average Bonchev–Trinajstić information content (AvgIpc) is 2.95. The third-order valence-corrected chi connectivity index (χ3v) is 8.89. The number of likely N-dealkylation sites (N-methyl/N-ethyl adjacent to an activating group) is 1. The van der Waals surface area contributed by atoms with Gasteiger partial charge in [-0.3, -0.25) is 24.6 Å². The molecule has 0 unspecified atom stereocenters. The number of carbonyl (C=O) groups excluding carboxylic acids is 4. The third-order valence-electron chi connectivity index (χ3n) is 8.66. The number of amides is 2. The number of Topliss-reactive ketones (excluding diaryl/α,β-unsaturated/α-hetero) is 2. The number of nitrogens with zero attached hydrogens (tertiary/aromatic N) is 1. The number of ether oxygens (including phenoxy) is 1. The van der Waals surface area contributed by atoms with Crippen molar-refractivity contribution in [2.75, 3.05) is 19.4 Å². The highest BCUT2D eigenvalue weighted by Crippen LogP contribution is 2.57. The Morgan fingerprint density at radius 3 is 2.36 bits per heavy atom. The number of carboxylic acid groups (broad SMARTS) is 1. The fourth-order valence-electron chi connectivity index (χ4n) is 6.75. The summed E-state index contributed by atoms with van der Waals surface area (Å²) in [7, 11) is 2.78. The van der Waals surface area contributed by atoms with E-state index in [0.717, 1.165) is 6.07 Å². The number of aliphatic hydroxyl groups is 3. The number of fused-ring (bicyclic) bond motifs is 3. The highest BCUT2D eigenvalue weighted by atomic mass is 35.5. The molecule has 3 aliphatic rings. The Balaban J connectivity index is 1.75. The van der Waals surface area contributed by atoms with Gasteiger partial charge in [0.25, 0.3) is 5.91 Å². The Bertz CT molecular complexity index is 1770. The molecule has 0 aromatic heterocycles. The van der Waals surface area contributed by atoms with E-state index in [0.29, 0.717) is 5.56 Å². The van der Waals surface area contributed by atoms with Gasteiger partial charge < -0.3 is 36.0 Å². The minimum absolute atomic E-state index is 0.0624. The van der Waals surface area contributed by atoms with Gasteiger partial charge in [-0.25, -0.2) is 9.59 Å². The number of hydrogen-bond donors (Lipinski definition) is 7. The SMILES string of the molecule is C[C@@H]1c2cccc(O)c2C(O)=C2C(=O)[C@@]3(O)C(O)=C(C(N)=O)C(=O)[C@H](N(C)C)[C@H]3[C@H](OC(=O)Nc3ccc(Cl)cc3C(=O)O)[C@H]21. The number of anilines is 1. The van der Waals surface area contributed by atoms with E-state index >= 15 is 0 Å². The highest BCUT2D eigenvalue weighted by Gasteiger charge is 2.69. The van der Waals surface area contributed by atoms with E-state index in [4.69, 9.17) is 22.1 Å². The summed E-state index contributed by atoms with van der Waals surface area (Å²) in [5.41, 5.74) is 0.219. The summed E-state index contributed by atoms with van der Waals surface area (Å²) in [5, 5.41) is 57.3. The summed E-state index contributed by atoms with van der Waals surface area (Å²) < 4.78 is 5.82. The van der Waals surface area contributed by atoms with E-state index in [1.54, 1.807) is 13.0 Å². The molecule has 45 heavy (non-hydrogen) atoms. The number of phenolic OH excluding ortho intramolecular Hbond substituents is 1. The Morgan fingerprint density at radius 2 is 1.76 bits per heavy atom. The lowest BCUT2D eigenvalue weighted by Gasteiger charge is -2.54. The Hall–Kier alpha value is -4.92. The van der Waals surface area contributed by atoms with Gasteiger partial charge in [-0.05, 0) is 49.8 Å². The van der Waals surface area contributed by atoms with E-state index in [-0.39, 0.29) is 16.3 Å². The Labute approximate surface area is 260 Å². The number of halogens is 1. The van der Waals surface area contributed by atoms with E-state index in [1.165, 1.54) is 43.3 Å². The van der Waals surface area contributed by atoms with Crippen LogP contribution in [-0.2, 0) is 19.1 Å². The second-order valence-electron chi connectivity index (χ2n) is 11.3. The zero-order valence-corrected chi connectivity index (χ0v) is 24.7. The molecule has 15 heteroatoms. The molecule has 0 radical (unpaired) electrons. The van der Waals surface area contributed by atoms with Crippen molar-refractivity contribution in [2.24, 2.45) is 17.6 Å². The number of nitrogens with two attached hydrogens (primary N) is 1. The van der Waals surface area contributed by atoms with Gasteiger partial charge in [0.2, 0.25) is 5.78 Å². The lowest BCUT2D eigenvalue weighted by Crippen LogP contribution is -2.71. The molecule has 236 valence electrons. The van der Waals surface area contributed by atoms with Crippen LogP contribution in [0.15, 0.2) is 53.3 Å². The number of rotatable bonds is 5. The molecular formula is C30H28ClN3O11. The van der Waals surface area contributed by atoms with Crippen LogP contribution in [0.2, 0.25) is 5.02 Å². The van der Waals surface area contributed by atoms with Gasteiger partial charge in [0.15, 0.2) is 11.4 Å². The van der Waals surface area contributed by atoms with E-state index in [1.807, 2.05) is 0 Å². The molecule has 2 aromatic carbocycles. The van der Waals surface area contributed by atoms with Gasteiger partial charge in [-0.1, -0.05) is 30.7 Å². The van der Waals surface area contributed by atoms with Crippen molar-refractivity contribution in [2.45, 2.75) is 30.6 Å².